The van der Waals surface area contributed by atoms with Gasteiger partial charge in [0.2, 0.25) is 10.0 Å². The number of amides is 1. The van der Waals surface area contributed by atoms with E-state index in [2.05, 4.69) is 10.0 Å². The second-order valence-electron chi connectivity index (χ2n) is 4.73. The maximum atomic E-state index is 12.1. The summed E-state index contributed by atoms with van der Waals surface area (Å²) < 4.78 is 26.3. The highest BCUT2D eigenvalue weighted by Crippen LogP contribution is 2.15. The molecule has 126 valence electrons. The second-order valence-corrected chi connectivity index (χ2v) is 6.50. The Morgan fingerprint density at radius 1 is 1.27 bits per heavy atom. The molecule has 0 unspecified atom stereocenters. The third kappa shape index (κ3) is 5.92. The van der Waals surface area contributed by atoms with Crippen LogP contribution in [0.2, 0.25) is 0 Å². The lowest BCUT2D eigenvalue weighted by molar-refractivity contribution is 0.0952. The Hall–Kier alpha value is -1.15. The van der Waals surface area contributed by atoms with Crippen LogP contribution in [0.1, 0.15) is 35.7 Å². The van der Waals surface area contributed by atoms with Crippen molar-refractivity contribution in [3.63, 3.8) is 0 Å². The number of hydrogen-bond acceptors (Lipinski definition) is 4. The van der Waals surface area contributed by atoms with Gasteiger partial charge in [0.15, 0.2) is 0 Å². The van der Waals surface area contributed by atoms with Gasteiger partial charge in [-0.15, -0.1) is 12.4 Å². The van der Waals surface area contributed by atoms with E-state index in [0.29, 0.717) is 25.2 Å². The van der Waals surface area contributed by atoms with Gasteiger partial charge in [0, 0.05) is 18.7 Å². The molecule has 1 amide bonds. The molecule has 0 aromatic heterocycles. The van der Waals surface area contributed by atoms with Gasteiger partial charge in [0.25, 0.3) is 5.91 Å². The van der Waals surface area contributed by atoms with Gasteiger partial charge in [-0.05, 0) is 44.0 Å². The SMILES string of the molecule is CCNS(=O)(=O)c1ccc(C)c(C(=O)NCCCCN)c1.Cl. The summed E-state index contributed by atoms with van der Waals surface area (Å²) >= 11 is 0. The van der Waals surface area contributed by atoms with Crippen LogP contribution in [0.5, 0.6) is 0 Å². The first-order valence-electron chi connectivity index (χ1n) is 7.01. The molecule has 8 heteroatoms. The number of halogens is 1. The Balaban J connectivity index is 0.00000441. The van der Waals surface area contributed by atoms with Crippen molar-refractivity contribution >= 4 is 28.3 Å². The van der Waals surface area contributed by atoms with Crippen molar-refractivity contribution in [2.24, 2.45) is 5.73 Å². The topological polar surface area (TPSA) is 101 Å². The van der Waals surface area contributed by atoms with E-state index in [0.717, 1.165) is 18.4 Å². The minimum absolute atomic E-state index is 0. The molecule has 1 aromatic carbocycles. The van der Waals surface area contributed by atoms with Gasteiger partial charge in [0.1, 0.15) is 0 Å². The number of carbonyl (C=O) groups is 1. The number of benzene rings is 1. The van der Waals surface area contributed by atoms with E-state index in [1.54, 1.807) is 19.9 Å². The molecule has 4 N–H and O–H groups in total. The van der Waals surface area contributed by atoms with Crippen LogP contribution in [0.3, 0.4) is 0 Å². The lowest BCUT2D eigenvalue weighted by Gasteiger charge is -2.10. The molecule has 0 saturated carbocycles. The number of unbranched alkanes of at least 4 members (excludes halogenated alkanes) is 1. The van der Waals surface area contributed by atoms with Crippen LogP contribution in [0.15, 0.2) is 23.1 Å². The van der Waals surface area contributed by atoms with Crippen LogP contribution >= 0.6 is 12.4 Å². The van der Waals surface area contributed by atoms with Gasteiger partial charge in [-0.1, -0.05) is 13.0 Å². The van der Waals surface area contributed by atoms with Crippen molar-refractivity contribution < 1.29 is 13.2 Å². The Labute approximate surface area is 138 Å². The van der Waals surface area contributed by atoms with E-state index in [-0.39, 0.29) is 23.2 Å². The standard InChI is InChI=1S/C14H23N3O3S.ClH/c1-3-17-21(19,20)12-7-6-11(2)13(10-12)14(18)16-9-5-4-8-15;/h6-7,10,17H,3-5,8-9,15H2,1-2H3,(H,16,18);1H. The van der Waals surface area contributed by atoms with Gasteiger partial charge in [0.05, 0.1) is 4.90 Å². The Morgan fingerprint density at radius 3 is 2.55 bits per heavy atom. The van der Waals surface area contributed by atoms with Gasteiger partial charge in [-0.2, -0.15) is 0 Å². The van der Waals surface area contributed by atoms with Crippen LogP contribution in [-0.4, -0.2) is 34.0 Å². The summed E-state index contributed by atoms with van der Waals surface area (Å²) in [7, 11) is -3.56. The van der Waals surface area contributed by atoms with Crippen LogP contribution in [-0.2, 0) is 10.0 Å². The number of sulfonamides is 1. The molecular formula is C14H24ClN3O3S. The predicted molar refractivity (Wildman–Crippen MR) is 89.9 cm³/mol. The second kappa shape index (κ2) is 9.78. The monoisotopic (exact) mass is 349 g/mol. The van der Waals surface area contributed by atoms with Gasteiger partial charge >= 0.3 is 0 Å². The first-order valence-corrected chi connectivity index (χ1v) is 8.49. The third-order valence-corrected chi connectivity index (χ3v) is 4.56. The Bertz CT molecular complexity index is 591. The fourth-order valence-corrected chi connectivity index (χ4v) is 2.92. The van der Waals surface area contributed by atoms with E-state index >= 15 is 0 Å². The van der Waals surface area contributed by atoms with Crippen LogP contribution in [0, 0.1) is 6.92 Å². The first kappa shape index (κ1) is 20.9. The number of nitrogens with one attached hydrogen (secondary N) is 2. The number of rotatable bonds is 8. The van der Waals surface area contributed by atoms with Crippen molar-refractivity contribution in [1.29, 1.82) is 0 Å². The molecule has 0 spiro atoms. The van der Waals surface area contributed by atoms with E-state index in [1.807, 2.05) is 0 Å². The van der Waals surface area contributed by atoms with Gasteiger partial charge in [-0.3, -0.25) is 4.79 Å². The molecule has 0 saturated heterocycles. The quantitative estimate of drug-likeness (QED) is 0.613. The lowest BCUT2D eigenvalue weighted by Crippen LogP contribution is -2.27. The molecule has 1 rings (SSSR count). The molecule has 0 radical (unpaired) electrons. The van der Waals surface area contributed by atoms with Crippen LogP contribution in [0.4, 0.5) is 0 Å². The molecule has 0 aliphatic heterocycles. The first-order chi connectivity index (χ1) is 9.92. The highest BCUT2D eigenvalue weighted by molar-refractivity contribution is 7.89. The number of hydrogen-bond donors (Lipinski definition) is 3. The lowest BCUT2D eigenvalue weighted by atomic mass is 10.1. The average Bonchev–Trinajstić information content (AvgIpc) is 2.43. The van der Waals surface area contributed by atoms with Crippen molar-refractivity contribution in [2.45, 2.75) is 31.6 Å². The number of nitrogens with two attached hydrogens (primary N) is 1. The predicted octanol–water partition coefficient (Wildman–Crippen LogP) is 1.18. The molecule has 6 nitrogen and oxygen atoms in total. The Kier molecular flexibility index (Phi) is 9.27. The molecule has 0 atom stereocenters. The molecule has 0 fully saturated rings. The smallest absolute Gasteiger partial charge is 0.251 e. The fraction of sp³-hybridized carbons (Fsp3) is 0.500. The van der Waals surface area contributed by atoms with Crippen LogP contribution < -0.4 is 15.8 Å². The van der Waals surface area contributed by atoms with Gasteiger partial charge < -0.3 is 11.1 Å². The number of carbonyl (C=O) groups excluding carboxylic acids is 1. The summed E-state index contributed by atoms with van der Waals surface area (Å²) in [6.07, 6.45) is 1.64. The summed E-state index contributed by atoms with van der Waals surface area (Å²) in [5.74, 6) is -0.266. The summed E-state index contributed by atoms with van der Waals surface area (Å²) in [5.41, 5.74) is 6.50. The summed E-state index contributed by atoms with van der Waals surface area (Å²) in [5, 5.41) is 2.78. The number of aryl methyl sites for hydroxylation is 1. The van der Waals surface area contributed by atoms with Crippen molar-refractivity contribution in [3.05, 3.63) is 29.3 Å². The summed E-state index contributed by atoms with van der Waals surface area (Å²) in [6.45, 7) is 4.90. The molecule has 0 aliphatic carbocycles. The largest absolute Gasteiger partial charge is 0.352 e. The highest BCUT2D eigenvalue weighted by Gasteiger charge is 2.16. The van der Waals surface area contributed by atoms with E-state index < -0.39 is 10.0 Å². The van der Waals surface area contributed by atoms with Crippen LogP contribution in [0.25, 0.3) is 0 Å². The van der Waals surface area contributed by atoms with E-state index in [4.69, 9.17) is 5.73 Å². The maximum absolute atomic E-state index is 12.1. The molecule has 1 aromatic rings. The zero-order chi connectivity index (χ0) is 15.9. The molecule has 0 bridgehead atoms. The van der Waals surface area contributed by atoms with Crippen molar-refractivity contribution in [1.82, 2.24) is 10.0 Å². The maximum Gasteiger partial charge on any atom is 0.251 e. The zero-order valence-electron chi connectivity index (χ0n) is 12.9. The van der Waals surface area contributed by atoms with Crippen molar-refractivity contribution in [3.8, 4) is 0 Å². The van der Waals surface area contributed by atoms with Gasteiger partial charge in [-0.25, -0.2) is 13.1 Å². The fourth-order valence-electron chi connectivity index (χ4n) is 1.85. The minimum atomic E-state index is -3.56. The van der Waals surface area contributed by atoms with Crippen molar-refractivity contribution in [2.75, 3.05) is 19.6 Å². The minimum Gasteiger partial charge on any atom is -0.352 e. The highest BCUT2D eigenvalue weighted by atomic mass is 35.5. The molecular weight excluding hydrogens is 326 g/mol. The summed E-state index contributed by atoms with van der Waals surface area (Å²) in [4.78, 5) is 12.2. The Morgan fingerprint density at radius 2 is 1.95 bits per heavy atom. The van der Waals surface area contributed by atoms with E-state index in [1.165, 1.54) is 12.1 Å². The molecule has 0 aliphatic rings. The average molecular weight is 350 g/mol. The molecule has 22 heavy (non-hydrogen) atoms. The third-order valence-electron chi connectivity index (χ3n) is 3.01. The normalized spacial score (nSPS) is 10.9. The molecule has 0 heterocycles. The van der Waals surface area contributed by atoms with E-state index in [9.17, 15) is 13.2 Å². The summed E-state index contributed by atoms with van der Waals surface area (Å²) in [6, 6.07) is 4.54. The zero-order valence-corrected chi connectivity index (χ0v) is 14.5.